The van der Waals surface area contributed by atoms with E-state index in [1.165, 1.54) is 21.6 Å². The summed E-state index contributed by atoms with van der Waals surface area (Å²) in [6.45, 7) is 7.44. The Morgan fingerprint density at radius 2 is 2.18 bits per heavy atom. The molecule has 0 saturated heterocycles. The van der Waals surface area contributed by atoms with Gasteiger partial charge < -0.3 is 5.32 Å². The average Bonchev–Trinajstić information content (AvgIpc) is 2.84. The molecular weight excluding hydrogens is 228 g/mol. The Hall–Kier alpha value is -1.19. The van der Waals surface area contributed by atoms with Crippen LogP contribution in [0.1, 0.15) is 34.5 Å². The topological polar surface area (TPSA) is 24.9 Å². The molecule has 0 aliphatic carbocycles. The molecule has 2 nitrogen and oxygen atoms in total. The molecule has 90 valence electrons. The van der Waals surface area contributed by atoms with Gasteiger partial charge in [0.05, 0.1) is 11.6 Å². The summed E-state index contributed by atoms with van der Waals surface area (Å²) >= 11 is 1.71. The predicted octanol–water partition coefficient (Wildman–Crippen LogP) is 3.46. The molecule has 0 bridgehead atoms. The number of benzene rings is 1. The van der Waals surface area contributed by atoms with E-state index in [1.807, 2.05) is 11.7 Å². The van der Waals surface area contributed by atoms with Gasteiger partial charge in [-0.2, -0.15) is 0 Å². The summed E-state index contributed by atoms with van der Waals surface area (Å²) in [5.74, 6) is 0. The Morgan fingerprint density at radius 3 is 2.82 bits per heavy atom. The fourth-order valence-electron chi connectivity index (χ4n) is 2.02. The highest BCUT2D eigenvalue weighted by Crippen LogP contribution is 2.28. The van der Waals surface area contributed by atoms with Crippen LogP contribution in [0.2, 0.25) is 0 Å². The van der Waals surface area contributed by atoms with E-state index < -0.39 is 0 Å². The lowest BCUT2D eigenvalue weighted by atomic mass is 9.97. The third kappa shape index (κ3) is 2.56. The van der Waals surface area contributed by atoms with Crippen molar-refractivity contribution in [2.45, 2.75) is 26.8 Å². The number of hydrogen-bond donors (Lipinski definition) is 1. The van der Waals surface area contributed by atoms with Crippen LogP contribution in [0.15, 0.2) is 29.9 Å². The lowest BCUT2D eigenvalue weighted by Crippen LogP contribution is -2.22. The second-order valence-corrected chi connectivity index (χ2v) is 5.10. The minimum atomic E-state index is 0.271. The number of hydrogen-bond acceptors (Lipinski definition) is 3. The number of aryl methyl sites for hydroxylation is 1. The minimum absolute atomic E-state index is 0.271. The van der Waals surface area contributed by atoms with Crippen molar-refractivity contribution in [3.05, 3.63) is 51.5 Å². The van der Waals surface area contributed by atoms with Crippen molar-refractivity contribution in [1.29, 1.82) is 0 Å². The number of nitrogens with zero attached hydrogens (tertiary/aromatic N) is 1. The molecular formula is C14H18N2S. The van der Waals surface area contributed by atoms with Crippen molar-refractivity contribution in [1.82, 2.24) is 10.3 Å². The van der Waals surface area contributed by atoms with Crippen molar-refractivity contribution in [3.8, 4) is 0 Å². The van der Waals surface area contributed by atoms with Crippen molar-refractivity contribution in [2.75, 3.05) is 6.54 Å². The van der Waals surface area contributed by atoms with Gasteiger partial charge in [0, 0.05) is 11.1 Å². The summed E-state index contributed by atoms with van der Waals surface area (Å²) in [7, 11) is 0. The van der Waals surface area contributed by atoms with E-state index >= 15 is 0 Å². The Bertz CT molecular complexity index is 477. The first kappa shape index (κ1) is 12.3. The molecule has 1 N–H and O–H groups in total. The summed E-state index contributed by atoms with van der Waals surface area (Å²) in [6.07, 6.45) is 1.96. The SMILES string of the molecule is CCNC(c1cncs1)c1cccc(C)c1C. The van der Waals surface area contributed by atoms with E-state index in [9.17, 15) is 0 Å². The quantitative estimate of drug-likeness (QED) is 0.893. The van der Waals surface area contributed by atoms with Crippen LogP contribution in [-0.2, 0) is 0 Å². The Morgan fingerprint density at radius 1 is 1.35 bits per heavy atom. The van der Waals surface area contributed by atoms with Gasteiger partial charge in [0.25, 0.3) is 0 Å². The lowest BCUT2D eigenvalue weighted by molar-refractivity contribution is 0.635. The maximum Gasteiger partial charge on any atom is 0.0794 e. The monoisotopic (exact) mass is 246 g/mol. The van der Waals surface area contributed by atoms with Gasteiger partial charge in [-0.05, 0) is 37.1 Å². The molecule has 0 radical (unpaired) electrons. The second kappa shape index (κ2) is 5.43. The maximum absolute atomic E-state index is 4.18. The van der Waals surface area contributed by atoms with Gasteiger partial charge in [-0.15, -0.1) is 11.3 Å². The normalized spacial score (nSPS) is 12.6. The van der Waals surface area contributed by atoms with E-state index in [4.69, 9.17) is 0 Å². The number of rotatable bonds is 4. The maximum atomic E-state index is 4.18. The zero-order valence-corrected chi connectivity index (χ0v) is 11.3. The summed E-state index contributed by atoms with van der Waals surface area (Å²) in [6, 6.07) is 6.76. The standard InChI is InChI=1S/C14H18N2S/c1-4-16-14(13-8-15-9-17-13)12-7-5-6-10(2)11(12)3/h5-9,14,16H,4H2,1-3H3. The molecule has 1 aromatic heterocycles. The summed E-state index contributed by atoms with van der Waals surface area (Å²) in [5, 5.41) is 3.54. The highest BCUT2D eigenvalue weighted by molar-refractivity contribution is 7.09. The molecule has 0 amide bonds. The van der Waals surface area contributed by atoms with Crippen LogP contribution in [0, 0.1) is 13.8 Å². The van der Waals surface area contributed by atoms with Crippen molar-refractivity contribution in [2.24, 2.45) is 0 Å². The fourth-order valence-corrected chi connectivity index (χ4v) is 2.73. The first-order chi connectivity index (χ1) is 8.24. The van der Waals surface area contributed by atoms with Gasteiger partial charge in [-0.3, -0.25) is 4.98 Å². The molecule has 3 heteroatoms. The Balaban J connectivity index is 2.43. The molecule has 1 aromatic carbocycles. The fraction of sp³-hybridized carbons (Fsp3) is 0.357. The van der Waals surface area contributed by atoms with Crippen molar-refractivity contribution < 1.29 is 0 Å². The highest BCUT2D eigenvalue weighted by Gasteiger charge is 2.16. The molecule has 2 rings (SSSR count). The molecule has 0 saturated carbocycles. The first-order valence-electron chi connectivity index (χ1n) is 5.92. The summed E-state index contributed by atoms with van der Waals surface area (Å²) in [5.41, 5.74) is 5.96. The van der Waals surface area contributed by atoms with E-state index in [0.29, 0.717) is 0 Å². The van der Waals surface area contributed by atoms with Crippen LogP contribution in [0.25, 0.3) is 0 Å². The van der Waals surface area contributed by atoms with Crippen LogP contribution in [0.4, 0.5) is 0 Å². The zero-order chi connectivity index (χ0) is 12.3. The van der Waals surface area contributed by atoms with Gasteiger partial charge in [0.15, 0.2) is 0 Å². The number of aromatic nitrogens is 1. The van der Waals surface area contributed by atoms with Gasteiger partial charge in [-0.1, -0.05) is 25.1 Å². The zero-order valence-electron chi connectivity index (χ0n) is 10.5. The average molecular weight is 246 g/mol. The molecule has 0 aliphatic rings. The van der Waals surface area contributed by atoms with E-state index in [-0.39, 0.29) is 6.04 Å². The minimum Gasteiger partial charge on any atom is -0.306 e. The van der Waals surface area contributed by atoms with E-state index in [0.717, 1.165) is 6.54 Å². The smallest absolute Gasteiger partial charge is 0.0794 e. The van der Waals surface area contributed by atoms with Crippen molar-refractivity contribution >= 4 is 11.3 Å². The van der Waals surface area contributed by atoms with Crippen LogP contribution in [0.5, 0.6) is 0 Å². The molecule has 0 spiro atoms. The molecule has 1 unspecified atom stereocenters. The Labute approximate surface area is 107 Å². The van der Waals surface area contributed by atoms with Gasteiger partial charge in [0.1, 0.15) is 0 Å². The number of thiazole rings is 1. The van der Waals surface area contributed by atoms with E-state index in [1.54, 1.807) is 11.3 Å². The van der Waals surface area contributed by atoms with Crippen LogP contribution >= 0.6 is 11.3 Å². The molecule has 1 heterocycles. The summed E-state index contributed by atoms with van der Waals surface area (Å²) < 4.78 is 0. The first-order valence-corrected chi connectivity index (χ1v) is 6.80. The largest absolute Gasteiger partial charge is 0.306 e. The van der Waals surface area contributed by atoms with Gasteiger partial charge in [-0.25, -0.2) is 0 Å². The van der Waals surface area contributed by atoms with Gasteiger partial charge >= 0.3 is 0 Å². The molecule has 0 aliphatic heterocycles. The van der Waals surface area contributed by atoms with Gasteiger partial charge in [0.2, 0.25) is 0 Å². The highest BCUT2D eigenvalue weighted by atomic mass is 32.1. The predicted molar refractivity (Wildman–Crippen MR) is 73.5 cm³/mol. The van der Waals surface area contributed by atoms with Crippen LogP contribution < -0.4 is 5.32 Å². The lowest BCUT2D eigenvalue weighted by Gasteiger charge is -2.19. The third-order valence-corrected chi connectivity index (χ3v) is 3.94. The van der Waals surface area contributed by atoms with Crippen molar-refractivity contribution in [3.63, 3.8) is 0 Å². The summed E-state index contributed by atoms with van der Waals surface area (Å²) in [4.78, 5) is 5.46. The molecule has 1 atom stereocenters. The van der Waals surface area contributed by atoms with E-state index in [2.05, 4.69) is 49.3 Å². The number of nitrogens with one attached hydrogen (secondary N) is 1. The third-order valence-electron chi connectivity index (χ3n) is 3.10. The molecule has 0 fully saturated rings. The molecule has 2 aromatic rings. The Kier molecular flexibility index (Phi) is 3.92. The van der Waals surface area contributed by atoms with Crippen LogP contribution in [-0.4, -0.2) is 11.5 Å². The molecule has 17 heavy (non-hydrogen) atoms. The van der Waals surface area contributed by atoms with Crippen LogP contribution in [0.3, 0.4) is 0 Å². The second-order valence-electron chi connectivity index (χ2n) is 4.18.